The second kappa shape index (κ2) is 55.2. The van der Waals surface area contributed by atoms with Crippen LogP contribution >= 0.6 is 0 Å². The number of fused-ring (bicyclic) bond motifs is 6. The molecule has 38 heteroatoms. The maximum atomic E-state index is 12.0. The standard InChI is InChI=1S/C24H20N4.6C14H9F3O2.2CH4O.2Gd/c1-9-25-10-2-17(1)21-22(18-3-11-26-12-4-18)24(20-7-15-28-16-8-20)23(21)19-5-13-27-14-6-19;6*15-14(16,17)13(19)8-12(18)11-6-5-9-3-1-2-4-10(9)7-11;2*1-2;;/h1-16,21-24H;6*1-8,19H;2*2H,1H3;;/q;;;;;;;;;2*+3/p-6/b;6*13-8-;;;;. The number of aliphatic hydroxyl groups excluding tert-OH is 2. The molecule has 18 nitrogen and oxygen atoms in total. The number of rotatable bonds is 16. The molecule has 762 valence electrons. The van der Waals surface area contributed by atoms with E-state index in [4.69, 9.17) is 10.2 Å². The summed E-state index contributed by atoms with van der Waals surface area (Å²) < 4.78 is 217. The maximum absolute atomic E-state index is 12.0. The number of hydrogen-bond acceptors (Lipinski definition) is 18. The van der Waals surface area contributed by atoms with E-state index in [1.807, 2.05) is 122 Å². The molecule has 4 aromatic heterocycles. The molecule has 0 amide bonds. The monoisotopic (exact) mass is 2330 g/mol. The number of nitrogens with zero attached hydrogens (tertiary/aromatic N) is 4. The molecule has 148 heavy (non-hydrogen) atoms. The van der Waals surface area contributed by atoms with E-state index in [-0.39, 0.29) is 150 Å². The Labute approximate surface area is 894 Å². The van der Waals surface area contributed by atoms with Gasteiger partial charge >= 0.3 is 117 Å². The fraction of sp³-hybridized carbons (Fsp3) is 0.109. The Morgan fingerprint density at radius 1 is 0.203 bits per heavy atom. The van der Waals surface area contributed by atoms with Crippen molar-refractivity contribution in [2.75, 3.05) is 14.2 Å². The zero-order chi connectivity index (χ0) is 107. The van der Waals surface area contributed by atoms with Gasteiger partial charge in [0, 0.05) is 97.2 Å². The van der Waals surface area contributed by atoms with E-state index < -0.39 is 106 Å². The summed E-state index contributed by atoms with van der Waals surface area (Å²) in [6.45, 7) is 0. The number of ketones is 6. The quantitative estimate of drug-likeness (QED) is 0.0393. The van der Waals surface area contributed by atoms with Crippen molar-refractivity contribution in [2.24, 2.45) is 0 Å². The van der Waals surface area contributed by atoms with Gasteiger partial charge in [-0.2, -0.15) is 79.0 Å². The number of allylic oxidation sites excluding steroid dienone is 12. The smallest absolute Gasteiger partial charge is 0.869 e. The van der Waals surface area contributed by atoms with Gasteiger partial charge < -0.3 is 40.9 Å². The summed E-state index contributed by atoms with van der Waals surface area (Å²) >= 11 is 0. The Hall–Kier alpha value is -14.6. The van der Waals surface area contributed by atoms with Gasteiger partial charge in [-0.1, -0.05) is 218 Å². The van der Waals surface area contributed by atoms with Gasteiger partial charge in [0.1, 0.15) is 0 Å². The van der Waals surface area contributed by atoms with Crippen molar-refractivity contribution in [2.45, 2.75) is 60.7 Å². The molecule has 0 bridgehead atoms. The summed E-state index contributed by atoms with van der Waals surface area (Å²) in [7, 11) is 2.00. The molecule has 0 aliphatic heterocycles. The number of pyridine rings is 4. The third-order valence-electron chi connectivity index (χ3n) is 21.4. The first-order valence-corrected chi connectivity index (χ1v) is 42.6. The van der Waals surface area contributed by atoms with Gasteiger partial charge in [0.15, 0.2) is 34.7 Å². The molecular weight excluding hydrogens is 2260 g/mol. The molecule has 0 spiro atoms. The van der Waals surface area contributed by atoms with Gasteiger partial charge in [-0.25, -0.2) is 0 Å². The van der Waals surface area contributed by atoms with Gasteiger partial charge in [0.25, 0.3) is 0 Å². The maximum Gasteiger partial charge on any atom is 3.00 e. The average Bonchev–Trinajstić information content (AvgIpc) is 0.713. The molecule has 2 radical (unpaired) electrons. The number of hydrogen-bond donors (Lipinski definition) is 2. The number of aromatic nitrogens is 4. The SMILES string of the molecule is CO.CO.O=C(/C=C(\[O-])C(F)(F)F)c1ccc2ccccc2c1.O=C(/C=C(\[O-])C(F)(F)F)c1ccc2ccccc2c1.O=C(/C=C(\[O-])C(F)(F)F)c1ccc2ccccc2c1.O=C(/C=C(\[O-])C(F)(F)F)c1ccc2ccccc2c1.O=C(/C=C(\[O-])C(F)(F)F)c1ccc2ccccc2c1.O=C(/C=C(\[O-])C(F)(F)F)c1ccc2ccccc2c1.[Gd+3].[Gd+3].c1cc(C2C(c3ccncc3)C(c3ccncc3)C2c2ccncc2)ccn1. The van der Waals surface area contributed by atoms with Gasteiger partial charge in [-0.15, -0.1) is 0 Å². The van der Waals surface area contributed by atoms with Crippen molar-refractivity contribution < 1.29 is 229 Å². The molecule has 1 aliphatic carbocycles. The zero-order valence-electron chi connectivity index (χ0n) is 76.4. The van der Waals surface area contributed by atoms with Crippen molar-refractivity contribution in [3.05, 3.63) is 480 Å². The number of aliphatic hydroxyl groups is 2. The van der Waals surface area contributed by atoms with E-state index in [0.29, 0.717) is 23.7 Å². The molecule has 16 aromatic rings. The van der Waals surface area contributed by atoms with E-state index in [9.17, 15) is 138 Å². The third kappa shape index (κ3) is 34.8. The predicted octanol–water partition coefficient (Wildman–Crippen LogP) is 20.9. The van der Waals surface area contributed by atoms with E-state index in [2.05, 4.69) is 68.5 Å². The normalized spacial score (nSPS) is 14.3. The van der Waals surface area contributed by atoms with E-state index in [0.717, 1.165) is 78.9 Å². The Balaban J connectivity index is 0.000000233. The minimum Gasteiger partial charge on any atom is -0.869 e. The van der Waals surface area contributed by atoms with Crippen molar-refractivity contribution in [1.29, 1.82) is 0 Å². The molecule has 0 atom stereocenters. The number of alkyl halides is 18. The van der Waals surface area contributed by atoms with Crippen molar-refractivity contribution in [3.8, 4) is 0 Å². The molecule has 2 N–H and O–H groups in total. The second-order valence-electron chi connectivity index (χ2n) is 30.8. The number of benzene rings is 12. The van der Waals surface area contributed by atoms with Crippen LogP contribution in [0.25, 0.3) is 64.6 Å². The first-order chi connectivity index (χ1) is 69.2. The van der Waals surface area contributed by atoms with Crippen LogP contribution in [0.1, 0.15) is 108 Å². The fourth-order valence-electron chi connectivity index (χ4n) is 14.5. The minimum absolute atomic E-state index is 0. The Morgan fingerprint density at radius 2 is 0.318 bits per heavy atom. The van der Waals surface area contributed by atoms with Crippen LogP contribution in [0.5, 0.6) is 0 Å². The molecule has 0 saturated heterocycles. The third-order valence-corrected chi connectivity index (χ3v) is 21.4. The molecule has 0 unspecified atom stereocenters. The van der Waals surface area contributed by atoms with Gasteiger partial charge in [0.2, 0.25) is 0 Å². The predicted molar refractivity (Wildman–Crippen MR) is 499 cm³/mol. The van der Waals surface area contributed by atoms with Crippen LogP contribution < -0.4 is 30.6 Å². The minimum atomic E-state index is -5.02. The topological polar surface area (TPSA) is 333 Å². The second-order valence-corrected chi connectivity index (χ2v) is 30.8. The molecule has 1 saturated carbocycles. The Morgan fingerprint density at radius 3 is 0.432 bits per heavy atom. The van der Waals surface area contributed by atoms with Crippen LogP contribution in [0.15, 0.2) is 424 Å². The first kappa shape index (κ1) is 120. The zero-order valence-corrected chi connectivity index (χ0v) is 80.9. The van der Waals surface area contributed by atoms with Crippen LogP contribution in [-0.4, -0.2) is 116 Å². The van der Waals surface area contributed by atoms with Crippen molar-refractivity contribution in [1.82, 2.24) is 19.9 Å². The Kier molecular flexibility index (Phi) is 44.9. The van der Waals surface area contributed by atoms with Crippen LogP contribution in [0.3, 0.4) is 0 Å². The van der Waals surface area contributed by atoms with Crippen molar-refractivity contribution >= 4 is 99.3 Å². The van der Waals surface area contributed by atoms with Gasteiger partial charge in [-0.05, 0) is 267 Å². The number of carbonyl (C=O) groups is 6. The van der Waals surface area contributed by atoms with Crippen molar-refractivity contribution in [3.63, 3.8) is 0 Å². The summed E-state index contributed by atoms with van der Waals surface area (Å²) in [5, 5.41) is 87.8. The Bertz CT molecular complexity index is 6370. The van der Waals surface area contributed by atoms with Gasteiger partial charge in [-0.3, -0.25) is 48.7 Å². The van der Waals surface area contributed by atoms with Gasteiger partial charge in [0.05, 0.1) is 0 Å². The first-order valence-electron chi connectivity index (χ1n) is 42.6. The molecule has 12 aromatic carbocycles. The number of halogens is 18. The summed E-state index contributed by atoms with van der Waals surface area (Å²) in [6, 6.07) is 86.6. The summed E-state index contributed by atoms with van der Waals surface area (Å²) in [6.07, 6.45) is -14.6. The summed E-state index contributed by atoms with van der Waals surface area (Å²) in [4.78, 5) is 86.3. The van der Waals surface area contributed by atoms with Crippen LogP contribution in [0.4, 0.5) is 79.0 Å². The fourth-order valence-corrected chi connectivity index (χ4v) is 14.5. The molecule has 1 fully saturated rings. The van der Waals surface area contributed by atoms with Crippen LogP contribution in [0, 0.1) is 79.9 Å². The molecule has 17 rings (SSSR count). The van der Waals surface area contributed by atoms with E-state index >= 15 is 0 Å². The van der Waals surface area contributed by atoms with E-state index in [1.165, 1.54) is 95.1 Å². The largest absolute Gasteiger partial charge is 3.00 e. The average molecular weight is 2330 g/mol. The van der Waals surface area contributed by atoms with Crippen LogP contribution in [-0.2, 0) is 0 Å². The summed E-state index contributed by atoms with van der Waals surface area (Å²) in [5.74, 6) is -17.1. The molecular formula is C110H76F18Gd2N4O14. The van der Waals surface area contributed by atoms with Crippen LogP contribution in [0.2, 0.25) is 0 Å². The van der Waals surface area contributed by atoms with E-state index in [1.54, 1.807) is 109 Å². The molecule has 4 heterocycles. The molecule has 1 aliphatic rings. The summed E-state index contributed by atoms with van der Waals surface area (Å²) in [5.41, 5.74) is 5.61. The number of carbonyl (C=O) groups excluding carboxylic acids is 6.